The molecule has 0 radical (unpaired) electrons. The molecule has 0 aliphatic carbocycles. The third-order valence-electron chi connectivity index (χ3n) is 5.17. The van der Waals surface area contributed by atoms with E-state index in [9.17, 15) is 19.2 Å². The van der Waals surface area contributed by atoms with Gasteiger partial charge in [0.15, 0.2) is 5.75 Å². The van der Waals surface area contributed by atoms with E-state index in [-0.39, 0.29) is 33.3 Å². The second kappa shape index (κ2) is 10.6. The van der Waals surface area contributed by atoms with E-state index >= 15 is 0 Å². The lowest BCUT2D eigenvalue weighted by Crippen LogP contribution is -2.36. The highest BCUT2D eigenvalue weighted by Gasteiger charge is 2.25. The Balaban J connectivity index is 1.65. The van der Waals surface area contributed by atoms with E-state index in [1.807, 2.05) is 19.9 Å². The summed E-state index contributed by atoms with van der Waals surface area (Å²) in [5.41, 5.74) is -0.658. The summed E-state index contributed by atoms with van der Waals surface area (Å²) >= 11 is 12.9. The quantitative estimate of drug-likeness (QED) is 0.348. The number of H-pyrrole nitrogens is 1. The van der Waals surface area contributed by atoms with Gasteiger partial charge in [-0.25, -0.2) is 9.59 Å². The number of hydrogen-bond acceptors (Lipinski definition) is 7. The van der Waals surface area contributed by atoms with Crippen LogP contribution in [0.3, 0.4) is 0 Å². The molecule has 0 unspecified atom stereocenters. The monoisotopic (exact) mass is 573 g/mol. The molecule has 2 aromatic carbocycles. The van der Waals surface area contributed by atoms with E-state index in [4.69, 9.17) is 32.7 Å². The lowest BCUT2D eigenvalue weighted by Gasteiger charge is -2.19. The summed E-state index contributed by atoms with van der Waals surface area (Å²) in [6.45, 7) is 8.90. The van der Waals surface area contributed by atoms with Gasteiger partial charge in [-0.15, -0.1) is 5.10 Å². The van der Waals surface area contributed by atoms with Gasteiger partial charge in [0.25, 0.3) is 11.5 Å². The minimum Gasteiger partial charge on any atom is -0.454 e. The van der Waals surface area contributed by atoms with E-state index in [0.717, 1.165) is 4.68 Å². The van der Waals surface area contributed by atoms with Crippen LogP contribution >= 0.6 is 23.2 Å². The van der Waals surface area contributed by atoms with Crippen LogP contribution in [0, 0.1) is 5.92 Å². The Kier molecular flexibility index (Phi) is 7.58. The van der Waals surface area contributed by atoms with Gasteiger partial charge in [0.1, 0.15) is 11.4 Å². The summed E-state index contributed by atoms with van der Waals surface area (Å²) in [5, 5.41) is 9.03. The number of aromatic amines is 1. The molecule has 13 heteroatoms. The number of carbonyl (C=O) groups is 2. The van der Waals surface area contributed by atoms with Crippen LogP contribution in [0.5, 0.6) is 11.5 Å². The number of allylic oxidation sites excluding steroid dienone is 1. The van der Waals surface area contributed by atoms with Gasteiger partial charge in [-0.05, 0) is 57.0 Å². The summed E-state index contributed by atoms with van der Waals surface area (Å²) in [6, 6.07) is 7.78. The smallest absolute Gasteiger partial charge is 0.413 e. The van der Waals surface area contributed by atoms with Crippen molar-refractivity contribution in [2.75, 3.05) is 10.6 Å². The maximum Gasteiger partial charge on any atom is 0.413 e. The van der Waals surface area contributed by atoms with Crippen molar-refractivity contribution in [3.8, 4) is 17.2 Å². The summed E-state index contributed by atoms with van der Waals surface area (Å²) in [6.07, 6.45) is 0.934. The fraction of sp³-hybridized carbons (Fsp3) is 0.269. The van der Waals surface area contributed by atoms with Gasteiger partial charge in [-0.1, -0.05) is 43.1 Å². The Morgan fingerprint density at radius 3 is 2.38 bits per heavy atom. The highest BCUT2D eigenvalue weighted by molar-refractivity contribution is 6.37. The van der Waals surface area contributed by atoms with E-state index in [2.05, 4.69) is 20.7 Å². The van der Waals surface area contributed by atoms with Gasteiger partial charge in [0.05, 0.1) is 15.7 Å². The Bertz CT molecular complexity index is 1610. The van der Waals surface area contributed by atoms with Gasteiger partial charge in [0, 0.05) is 16.8 Å². The van der Waals surface area contributed by atoms with Crippen molar-refractivity contribution < 1.29 is 19.1 Å². The first-order valence-corrected chi connectivity index (χ1v) is 12.6. The highest BCUT2D eigenvalue weighted by atomic mass is 35.5. The number of aromatic nitrogens is 3. The Hall–Kier alpha value is -4.09. The number of nitrogens with zero attached hydrogens (tertiary/aromatic N) is 2. The van der Waals surface area contributed by atoms with Crippen LogP contribution in [0.2, 0.25) is 10.0 Å². The molecule has 0 atom stereocenters. The molecule has 2 heterocycles. The lowest BCUT2D eigenvalue weighted by atomic mass is 10.0. The Morgan fingerprint density at radius 2 is 1.77 bits per heavy atom. The van der Waals surface area contributed by atoms with Crippen molar-refractivity contribution in [1.29, 1.82) is 0 Å². The van der Waals surface area contributed by atoms with Crippen LogP contribution in [0.4, 0.5) is 16.3 Å². The van der Waals surface area contributed by atoms with E-state index < -0.39 is 28.8 Å². The molecule has 3 aromatic rings. The molecule has 39 heavy (non-hydrogen) atoms. The molecule has 3 N–H and O–H groups in total. The predicted octanol–water partition coefficient (Wildman–Crippen LogP) is 5.36. The number of ether oxygens (including phenoxy) is 2. The van der Waals surface area contributed by atoms with Crippen molar-refractivity contribution in [2.45, 2.75) is 40.2 Å². The average molecular weight is 574 g/mol. The Labute approximate surface area is 232 Å². The summed E-state index contributed by atoms with van der Waals surface area (Å²) in [4.78, 5) is 51.2. The molecule has 0 bridgehead atoms. The first-order chi connectivity index (χ1) is 18.2. The van der Waals surface area contributed by atoms with Gasteiger partial charge in [0.2, 0.25) is 5.82 Å². The number of halogens is 2. The zero-order valence-electron chi connectivity index (χ0n) is 21.6. The number of nitrogens with one attached hydrogen (secondary N) is 3. The average Bonchev–Trinajstić information content (AvgIpc) is 3.10. The molecular formula is C26H25Cl2N5O6. The van der Waals surface area contributed by atoms with Crippen molar-refractivity contribution in [3.05, 3.63) is 72.9 Å². The minimum atomic E-state index is -0.928. The topological polar surface area (TPSA) is 144 Å². The third-order valence-corrected chi connectivity index (χ3v) is 5.73. The SMILES string of the molecule is CC(C)/C=C1\C(=O)Nc2ccc(Oc3c(Cl)cc(-n4nc(NC(=O)OC(C)(C)C)c(=O)[nH]c4=O)cc3Cl)cc21. The van der Waals surface area contributed by atoms with E-state index in [1.165, 1.54) is 12.1 Å². The molecule has 11 nitrogen and oxygen atoms in total. The zero-order chi connectivity index (χ0) is 28.6. The lowest BCUT2D eigenvalue weighted by molar-refractivity contribution is -0.110. The molecule has 1 aliphatic heterocycles. The van der Waals surface area contributed by atoms with Crippen molar-refractivity contribution in [2.24, 2.45) is 5.92 Å². The molecule has 0 fully saturated rings. The molecular weight excluding hydrogens is 549 g/mol. The Morgan fingerprint density at radius 1 is 1.10 bits per heavy atom. The minimum absolute atomic E-state index is 0.0340. The number of anilines is 2. The zero-order valence-corrected chi connectivity index (χ0v) is 23.2. The normalized spacial score (nSPS) is 13.8. The first-order valence-electron chi connectivity index (χ1n) is 11.8. The first kappa shape index (κ1) is 27.9. The number of fused-ring (bicyclic) bond motifs is 1. The van der Waals surface area contributed by atoms with Crippen LogP contribution in [-0.4, -0.2) is 32.4 Å². The fourth-order valence-electron chi connectivity index (χ4n) is 3.67. The number of hydrogen-bond donors (Lipinski definition) is 3. The van der Waals surface area contributed by atoms with Crippen molar-refractivity contribution >= 4 is 52.3 Å². The molecule has 0 saturated carbocycles. The largest absolute Gasteiger partial charge is 0.454 e. The second-order valence-electron chi connectivity index (χ2n) is 9.97. The van der Waals surface area contributed by atoms with Crippen LogP contribution < -0.4 is 26.6 Å². The highest BCUT2D eigenvalue weighted by Crippen LogP contribution is 2.41. The fourth-order valence-corrected chi connectivity index (χ4v) is 4.22. The van der Waals surface area contributed by atoms with Gasteiger partial charge < -0.3 is 14.8 Å². The van der Waals surface area contributed by atoms with Crippen LogP contribution in [-0.2, 0) is 9.53 Å². The van der Waals surface area contributed by atoms with Crippen molar-refractivity contribution in [1.82, 2.24) is 14.8 Å². The number of amides is 2. The maximum absolute atomic E-state index is 12.5. The predicted molar refractivity (Wildman–Crippen MR) is 148 cm³/mol. The van der Waals surface area contributed by atoms with Gasteiger partial charge in [-0.2, -0.15) is 4.68 Å². The van der Waals surface area contributed by atoms with E-state index in [0.29, 0.717) is 22.6 Å². The number of rotatable bonds is 5. The molecule has 0 spiro atoms. The molecule has 204 valence electrons. The van der Waals surface area contributed by atoms with Crippen LogP contribution in [0.25, 0.3) is 11.3 Å². The van der Waals surface area contributed by atoms with Gasteiger partial charge in [-0.3, -0.25) is 19.9 Å². The molecule has 1 aromatic heterocycles. The summed E-state index contributed by atoms with van der Waals surface area (Å²) in [7, 11) is 0. The number of benzene rings is 2. The third kappa shape index (κ3) is 6.32. The van der Waals surface area contributed by atoms with Crippen LogP contribution in [0.15, 0.2) is 46.0 Å². The van der Waals surface area contributed by atoms with Gasteiger partial charge >= 0.3 is 11.8 Å². The number of carbonyl (C=O) groups excluding carboxylic acids is 2. The second-order valence-corrected chi connectivity index (χ2v) is 10.8. The van der Waals surface area contributed by atoms with Crippen LogP contribution in [0.1, 0.15) is 40.2 Å². The van der Waals surface area contributed by atoms with Crippen molar-refractivity contribution in [3.63, 3.8) is 0 Å². The molecule has 0 saturated heterocycles. The van der Waals surface area contributed by atoms with E-state index in [1.54, 1.807) is 39.0 Å². The standard InChI is InChI=1S/C26H25Cl2N5O6/c1-12(2)8-16-15-11-14(6-7-19(15)29-22(16)34)38-20-17(27)9-13(10-18(20)28)33-24(36)31-23(35)21(32-33)30-25(37)39-26(3,4)5/h6-12H,1-5H3,(H,29,34)(H,30,32,37)(H,31,35,36)/b16-8-. The molecule has 4 rings (SSSR count). The summed E-state index contributed by atoms with van der Waals surface area (Å²) in [5.74, 6) is -0.0426. The maximum atomic E-state index is 12.5. The molecule has 2 amide bonds. The molecule has 1 aliphatic rings. The summed E-state index contributed by atoms with van der Waals surface area (Å²) < 4.78 is 11.9.